The number of rotatable bonds is 6. The van der Waals surface area contributed by atoms with Crippen LogP contribution in [0.1, 0.15) is 19.3 Å². The zero-order chi connectivity index (χ0) is 13.7. The molecule has 0 unspecified atom stereocenters. The van der Waals surface area contributed by atoms with Crippen molar-refractivity contribution in [3.8, 4) is 6.07 Å². The van der Waals surface area contributed by atoms with Gasteiger partial charge in [-0.2, -0.15) is 5.26 Å². The summed E-state index contributed by atoms with van der Waals surface area (Å²) in [5.74, 6) is -1.52. The van der Waals surface area contributed by atoms with Crippen LogP contribution in [0.4, 0.5) is 0 Å². The molecule has 0 amide bonds. The molecule has 0 fully saturated rings. The Labute approximate surface area is 111 Å². The first-order valence-corrected chi connectivity index (χ1v) is 6.22. The molecule has 0 atom stereocenters. The Morgan fingerprint density at radius 2 is 1.74 bits per heavy atom. The normalized spacial score (nSPS) is 10.3. The van der Waals surface area contributed by atoms with Gasteiger partial charge in [0.2, 0.25) is 5.78 Å². The van der Waals surface area contributed by atoms with Crippen molar-refractivity contribution < 1.29 is 9.59 Å². The zero-order valence-corrected chi connectivity index (χ0v) is 10.5. The Hall–Kier alpha value is -2.41. The fraction of sp³-hybridized carbons (Fsp3) is 0.267. The standard InChI is InChI=1S/C15H14N2O2/c16-9-15(19)14(18)7-3-4-8-17-10-12-5-1-2-6-13(12)11-17/h1-2,5-6,10-11H,3-4,7-8H2. The minimum Gasteiger partial charge on any atom is -0.353 e. The number of benzene rings is 1. The van der Waals surface area contributed by atoms with Gasteiger partial charge in [0.1, 0.15) is 6.07 Å². The molecule has 2 aromatic rings. The van der Waals surface area contributed by atoms with Crippen LogP contribution in [0.15, 0.2) is 36.7 Å². The molecule has 0 bridgehead atoms. The third-order valence-electron chi connectivity index (χ3n) is 3.03. The molecule has 0 radical (unpaired) electrons. The van der Waals surface area contributed by atoms with Gasteiger partial charge in [0.05, 0.1) is 0 Å². The van der Waals surface area contributed by atoms with Gasteiger partial charge >= 0.3 is 0 Å². The highest BCUT2D eigenvalue weighted by atomic mass is 16.2. The number of carbonyl (C=O) groups excluding carboxylic acids is 2. The highest BCUT2D eigenvalue weighted by molar-refractivity contribution is 6.43. The number of hydrogen-bond acceptors (Lipinski definition) is 3. The summed E-state index contributed by atoms with van der Waals surface area (Å²) in [6.07, 6.45) is 5.73. The molecular weight excluding hydrogens is 240 g/mol. The van der Waals surface area contributed by atoms with Crippen molar-refractivity contribution in [2.45, 2.75) is 25.8 Å². The van der Waals surface area contributed by atoms with Crippen LogP contribution in [0.5, 0.6) is 0 Å². The lowest BCUT2D eigenvalue weighted by atomic mass is 10.1. The van der Waals surface area contributed by atoms with Gasteiger partial charge in [-0.05, 0) is 23.6 Å². The van der Waals surface area contributed by atoms with Crippen LogP contribution in [0.2, 0.25) is 0 Å². The summed E-state index contributed by atoms with van der Waals surface area (Å²) >= 11 is 0. The Kier molecular flexibility index (Phi) is 4.09. The Morgan fingerprint density at radius 1 is 1.11 bits per heavy atom. The number of Topliss-reactive ketones (excluding diaryl/α,β-unsaturated/α-hetero) is 2. The van der Waals surface area contributed by atoms with Crippen LogP contribution in [-0.2, 0) is 16.1 Å². The largest absolute Gasteiger partial charge is 0.353 e. The smallest absolute Gasteiger partial charge is 0.297 e. The van der Waals surface area contributed by atoms with Crippen LogP contribution in [0.3, 0.4) is 0 Å². The molecule has 0 N–H and O–H groups in total. The van der Waals surface area contributed by atoms with Crippen molar-refractivity contribution in [2.24, 2.45) is 0 Å². The third kappa shape index (κ3) is 3.29. The first-order chi connectivity index (χ1) is 9.20. The highest BCUT2D eigenvalue weighted by Crippen LogP contribution is 2.15. The molecule has 0 aliphatic rings. The molecule has 4 heteroatoms. The van der Waals surface area contributed by atoms with E-state index < -0.39 is 11.6 Å². The fourth-order valence-corrected chi connectivity index (χ4v) is 2.03. The van der Waals surface area contributed by atoms with E-state index in [2.05, 4.69) is 29.1 Å². The van der Waals surface area contributed by atoms with E-state index in [1.807, 2.05) is 12.1 Å². The van der Waals surface area contributed by atoms with E-state index >= 15 is 0 Å². The quantitative estimate of drug-likeness (QED) is 0.452. The van der Waals surface area contributed by atoms with E-state index in [-0.39, 0.29) is 6.42 Å². The number of nitriles is 1. The van der Waals surface area contributed by atoms with Gasteiger partial charge in [-0.1, -0.05) is 24.3 Å². The number of ketones is 2. The van der Waals surface area contributed by atoms with E-state index in [1.165, 1.54) is 16.8 Å². The summed E-state index contributed by atoms with van der Waals surface area (Å²) in [5, 5.41) is 10.7. The van der Waals surface area contributed by atoms with Gasteiger partial charge in [-0.25, -0.2) is 0 Å². The van der Waals surface area contributed by atoms with Gasteiger partial charge < -0.3 is 4.57 Å². The second-order valence-electron chi connectivity index (χ2n) is 4.45. The molecule has 1 aromatic carbocycles. The zero-order valence-electron chi connectivity index (χ0n) is 10.5. The maximum absolute atomic E-state index is 11.1. The lowest BCUT2D eigenvalue weighted by molar-refractivity contribution is -0.133. The Morgan fingerprint density at radius 3 is 2.32 bits per heavy atom. The van der Waals surface area contributed by atoms with Crippen LogP contribution in [0.25, 0.3) is 10.8 Å². The van der Waals surface area contributed by atoms with Crippen molar-refractivity contribution in [3.63, 3.8) is 0 Å². The van der Waals surface area contributed by atoms with Crippen molar-refractivity contribution in [3.05, 3.63) is 36.7 Å². The monoisotopic (exact) mass is 254 g/mol. The van der Waals surface area contributed by atoms with Gasteiger partial charge in [-0.15, -0.1) is 0 Å². The number of nitrogens with zero attached hydrogens (tertiary/aromatic N) is 2. The number of hydrogen-bond donors (Lipinski definition) is 0. The summed E-state index contributed by atoms with van der Waals surface area (Å²) < 4.78 is 2.08. The predicted molar refractivity (Wildman–Crippen MR) is 71.4 cm³/mol. The second kappa shape index (κ2) is 5.96. The molecule has 1 heterocycles. The summed E-state index contributed by atoms with van der Waals surface area (Å²) in [4.78, 5) is 21.9. The van der Waals surface area contributed by atoms with E-state index in [4.69, 9.17) is 5.26 Å². The lowest BCUT2D eigenvalue weighted by Crippen LogP contribution is -2.10. The van der Waals surface area contributed by atoms with Crippen LogP contribution in [-0.4, -0.2) is 16.1 Å². The van der Waals surface area contributed by atoms with E-state index in [0.717, 1.165) is 13.0 Å². The fourth-order valence-electron chi connectivity index (χ4n) is 2.03. The number of carbonyl (C=O) groups is 2. The number of aromatic nitrogens is 1. The maximum Gasteiger partial charge on any atom is 0.297 e. The number of unbranched alkanes of at least 4 members (excludes halogenated alkanes) is 1. The maximum atomic E-state index is 11.1. The number of aryl methyl sites for hydroxylation is 1. The molecule has 2 rings (SSSR count). The average molecular weight is 254 g/mol. The van der Waals surface area contributed by atoms with Crippen LogP contribution < -0.4 is 0 Å². The van der Waals surface area contributed by atoms with Crippen molar-refractivity contribution >= 4 is 22.3 Å². The van der Waals surface area contributed by atoms with Gasteiger partial charge in [0.15, 0.2) is 0 Å². The predicted octanol–water partition coefficient (Wildman–Crippen LogP) is 2.47. The van der Waals surface area contributed by atoms with Crippen LogP contribution >= 0.6 is 0 Å². The molecule has 0 aliphatic carbocycles. The van der Waals surface area contributed by atoms with Gasteiger partial charge in [0.25, 0.3) is 5.78 Å². The molecule has 4 nitrogen and oxygen atoms in total. The molecule has 0 spiro atoms. The SMILES string of the molecule is N#CC(=O)C(=O)CCCCn1cc2ccccc2c1. The van der Waals surface area contributed by atoms with Crippen LogP contribution in [0, 0.1) is 11.3 Å². The first-order valence-electron chi connectivity index (χ1n) is 6.22. The highest BCUT2D eigenvalue weighted by Gasteiger charge is 2.11. The average Bonchev–Trinajstić information content (AvgIpc) is 2.85. The van der Waals surface area contributed by atoms with Crippen molar-refractivity contribution in [1.29, 1.82) is 5.26 Å². The topological polar surface area (TPSA) is 62.9 Å². The van der Waals surface area contributed by atoms with E-state index in [9.17, 15) is 9.59 Å². The molecular formula is C15H14N2O2. The number of fused-ring (bicyclic) bond motifs is 1. The second-order valence-corrected chi connectivity index (χ2v) is 4.45. The lowest BCUT2D eigenvalue weighted by Gasteiger charge is -2.01. The van der Waals surface area contributed by atoms with Gasteiger partial charge in [-0.3, -0.25) is 9.59 Å². The van der Waals surface area contributed by atoms with E-state index in [1.54, 1.807) is 0 Å². The minimum atomic E-state index is -0.938. The molecule has 96 valence electrons. The molecule has 19 heavy (non-hydrogen) atoms. The first kappa shape index (κ1) is 13.0. The van der Waals surface area contributed by atoms with Crippen molar-refractivity contribution in [1.82, 2.24) is 4.57 Å². The molecule has 0 aliphatic heterocycles. The Balaban J connectivity index is 1.82. The molecule has 0 saturated heterocycles. The molecule has 0 saturated carbocycles. The minimum absolute atomic E-state index is 0.160. The Bertz CT molecular complexity index is 616. The summed E-state index contributed by atoms with van der Waals surface area (Å²) in [7, 11) is 0. The van der Waals surface area contributed by atoms with Crippen molar-refractivity contribution in [2.75, 3.05) is 0 Å². The molecule has 1 aromatic heterocycles. The third-order valence-corrected chi connectivity index (χ3v) is 3.03. The summed E-state index contributed by atoms with van der Waals surface area (Å²) in [6, 6.07) is 9.46. The van der Waals surface area contributed by atoms with Gasteiger partial charge in [0, 0.05) is 25.4 Å². The summed E-state index contributed by atoms with van der Waals surface area (Å²) in [6.45, 7) is 0.808. The summed E-state index contributed by atoms with van der Waals surface area (Å²) in [5.41, 5.74) is 0. The van der Waals surface area contributed by atoms with E-state index in [0.29, 0.717) is 6.42 Å².